The maximum atomic E-state index is 13.6. The number of aryl methyl sites for hydroxylation is 1. The summed E-state index contributed by atoms with van der Waals surface area (Å²) in [5.41, 5.74) is 2.97. The Morgan fingerprint density at radius 1 is 1.06 bits per heavy atom. The third kappa shape index (κ3) is 4.55. The van der Waals surface area contributed by atoms with Crippen LogP contribution >= 0.6 is 0 Å². The molecule has 3 aromatic carbocycles. The molecular weight excluding hydrogens is 460 g/mol. The lowest BCUT2D eigenvalue weighted by atomic mass is 9.96. The number of nitrogens with zero attached hydrogens (tertiary/aromatic N) is 4. The van der Waals surface area contributed by atoms with E-state index in [9.17, 15) is 14.9 Å². The summed E-state index contributed by atoms with van der Waals surface area (Å²) in [6.45, 7) is 6.04. The molecule has 0 saturated heterocycles. The maximum absolute atomic E-state index is 13.6. The molecule has 0 atom stereocenters. The van der Waals surface area contributed by atoms with Gasteiger partial charge in [-0.1, -0.05) is 26.0 Å². The van der Waals surface area contributed by atoms with Crippen molar-refractivity contribution in [3.63, 3.8) is 0 Å². The van der Waals surface area contributed by atoms with Gasteiger partial charge in [0.25, 0.3) is 11.2 Å². The highest BCUT2D eigenvalue weighted by atomic mass is 16.6. The van der Waals surface area contributed by atoms with Crippen LogP contribution in [0, 0.1) is 17.0 Å². The lowest BCUT2D eigenvalue weighted by Crippen LogP contribution is -2.21. The quantitative estimate of drug-likeness (QED) is 0.199. The second-order valence-electron chi connectivity index (χ2n) is 8.56. The maximum Gasteiger partial charge on any atom is 0.282 e. The van der Waals surface area contributed by atoms with E-state index >= 15 is 0 Å². The zero-order valence-corrected chi connectivity index (χ0v) is 20.7. The number of para-hydroxylation sites is 1. The summed E-state index contributed by atoms with van der Waals surface area (Å²) in [6, 6.07) is 15.1. The number of methoxy groups -OCH3 is 2. The van der Waals surface area contributed by atoms with Crippen LogP contribution in [-0.2, 0) is 0 Å². The molecule has 1 heterocycles. The second kappa shape index (κ2) is 9.99. The third-order valence-corrected chi connectivity index (χ3v) is 5.93. The molecule has 0 N–H and O–H groups in total. The first-order valence-corrected chi connectivity index (χ1v) is 11.3. The van der Waals surface area contributed by atoms with Gasteiger partial charge in [-0.15, -0.1) is 0 Å². The SMILES string of the molecule is COc1ccc([N+](=O)[O-])cc1C=Nn1c(-c2cc(C(C)C)c(OC)cc2C)nc2ccccc2c1=O. The molecule has 0 fully saturated rings. The summed E-state index contributed by atoms with van der Waals surface area (Å²) < 4.78 is 12.1. The van der Waals surface area contributed by atoms with E-state index in [1.165, 1.54) is 36.2 Å². The number of nitro benzene ring substituents is 1. The molecule has 9 nitrogen and oxygen atoms in total. The predicted molar refractivity (Wildman–Crippen MR) is 139 cm³/mol. The first-order valence-electron chi connectivity index (χ1n) is 11.3. The summed E-state index contributed by atoms with van der Waals surface area (Å²) in [5.74, 6) is 1.65. The number of benzene rings is 3. The number of rotatable bonds is 7. The number of non-ortho nitro benzene ring substituents is 1. The number of ether oxygens (including phenoxy) is 2. The van der Waals surface area contributed by atoms with Crippen molar-refractivity contribution in [1.82, 2.24) is 9.66 Å². The van der Waals surface area contributed by atoms with Gasteiger partial charge in [-0.3, -0.25) is 14.9 Å². The molecule has 0 bridgehead atoms. The van der Waals surface area contributed by atoms with Crippen LogP contribution in [0.5, 0.6) is 11.5 Å². The average molecular weight is 487 g/mol. The predicted octanol–water partition coefficient (Wildman–Crippen LogP) is 5.30. The van der Waals surface area contributed by atoms with Gasteiger partial charge in [0, 0.05) is 23.3 Å². The Bertz CT molecular complexity index is 1560. The zero-order chi connectivity index (χ0) is 26.0. The van der Waals surface area contributed by atoms with Crippen molar-refractivity contribution < 1.29 is 14.4 Å². The van der Waals surface area contributed by atoms with Gasteiger partial charge in [0.15, 0.2) is 5.82 Å². The molecule has 0 aliphatic carbocycles. The van der Waals surface area contributed by atoms with Crippen molar-refractivity contribution in [1.29, 1.82) is 0 Å². The first-order chi connectivity index (χ1) is 17.2. The molecular formula is C27H26N4O5. The topological polar surface area (TPSA) is 109 Å². The molecule has 0 amide bonds. The van der Waals surface area contributed by atoms with Gasteiger partial charge in [0.05, 0.1) is 36.3 Å². The Labute approximate surface area is 207 Å². The number of nitro groups is 1. The van der Waals surface area contributed by atoms with Gasteiger partial charge in [-0.05, 0) is 54.3 Å². The van der Waals surface area contributed by atoms with Crippen LogP contribution in [0.4, 0.5) is 5.69 Å². The Balaban J connectivity index is 2.00. The fourth-order valence-corrected chi connectivity index (χ4v) is 4.03. The number of aromatic nitrogens is 2. The van der Waals surface area contributed by atoms with Crippen molar-refractivity contribution in [2.45, 2.75) is 26.7 Å². The largest absolute Gasteiger partial charge is 0.496 e. The molecule has 1 aromatic heterocycles. The van der Waals surface area contributed by atoms with Crippen LogP contribution < -0.4 is 15.0 Å². The van der Waals surface area contributed by atoms with Crippen LogP contribution in [0.3, 0.4) is 0 Å². The summed E-state index contributed by atoms with van der Waals surface area (Å²) in [7, 11) is 3.09. The van der Waals surface area contributed by atoms with E-state index in [-0.39, 0.29) is 17.2 Å². The zero-order valence-electron chi connectivity index (χ0n) is 20.7. The molecule has 0 spiro atoms. The van der Waals surface area contributed by atoms with Gasteiger partial charge in [-0.2, -0.15) is 9.78 Å². The molecule has 0 aliphatic heterocycles. The molecule has 0 radical (unpaired) electrons. The van der Waals surface area contributed by atoms with Crippen LogP contribution in [0.25, 0.3) is 22.3 Å². The lowest BCUT2D eigenvalue weighted by molar-refractivity contribution is -0.384. The molecule has 4 aromatic rings. The number of fused-ring (bicyclic) bond motifs is 1. The van der Waals surface area contributed by atoms with Gasteiger partial charge < -0.3 is 9.47 Å². The fourth-order valence-electron chi connectivity index (χ4n) is 4.03. The van der Waals surface area contributed by atoms with Crippen molar-refractivity contribution >= 4 is 22.8 Å². The highest BCUT2D eigenvalue weighted by Crippen LogP contribution is 2.34. The molecule has 4 rings (SSSR count). The molecule has 0 aliphatic rings. The molecule has 36 heavy (non-hydrogen) atoms. The van der Waals surface area contributed by atoms with Gasteiger partial charge in [-0.25, -0.2) is 4.98 Å². The summed E-state index contributed by atoms with van der Waals surface area (Å²) >= 11 is 0. The van der Waals surface area contributed by atoms with Gasteiger partial charge in [0.1, 0.15) is 11.5 Å². The van der Waals surface area contributed by atoms with E-state index in [1.807, 2.05) is 25.1 Å². The Kier molecular flexibility index (Phi) is 6.82. The summed E-state index contributed by atoms with van der Waals surface area (Å²) in [5, 5.41) is 16.1. The summed E-state index contributed by atoms with van der Waals surface area (Å²) in [6.07, 6.45) is 1.37. The van der Waals surface area contributed by atoms with E-state index < -0.39 is 4.92 Å². The van der Waals surface area contributed by atoms with E-state index in [4.69, 9.17) is 14.5 Å². The van der Waals surface area contributed by atoms with Crippen LogP contribution in [0.15, 0.2) is 64.5 Å². The van der Waals surface area contributed by atoms with Crippen LogP contribution in [0.1, 0.15) is 36.5 Å². The average Bonchev–Trinajstić information content (AvgIpc) is 2.87. The fraction of sp³-hybridized carbons (Fsp3) is 0.222. The van der Waals surface area contributed by atoms with Gasteiger partial charge in [0.2, 0.25) is 0 Å². The number of hydrogen-bond acceptors (Lipinski definition) is 7. The monoisotopic (exact) mass is 486 g/mol. The van der Waals surface area contributed by atoms with E-state index in [0.717, 1.165) is 22.4 Å². The smallest absolute Gasteiger partial charge is 0.282 e. The lowest BCUT2D eigenvalue weighted by Gasteiger charge is -2.17. The summed E-state index contributed by atoms with van der Waals surface area (Å²) in [4.78, 5) is 29.2. The number of hydrogen-bond donors (Lipinski definition) is 0. The van der Waals surface area contributed by atoms with E-state index in [1.54, 1.807) is 25.3 Å². The normalized spacial score (nSPS) is 11.4. The Morgan fingerprint density at radius 3 is 2.44 bits per heavy atom. The van der Waals surface area contributed by atoms with Crippen LogP contribution in [0.2, 0.25) is 0 Å². The standard InChI is InChI=1S/C27H26N4O5/c1-16(2)21-14-22(17(3)12-25(21)36-5)26-29-23-9-7-6-8-20(23)27(32)30(26)28-15-18-13-19(31(33)34)10-11-24(18)35-4/h6-16H,1-5H3. The minimum absolute atomic E-state index is 0.117. The van der Waals surface area contributed by atoms with Crippen LogP contribution in [-0.4, -0.2) is 35.0 Å². The minimum Gasteiger partial charge on any atom is -0.496 e. The Morgan fingerprint density at radius 2 is 1.78 bits per heavy atom. The molecule has 9 heteroatoms. The highest BCUT2D eigenvalue weighted by molar-refractivity contribution is 5.85. The molecule has 184 valence electrons. The first kappa shape index (κ1) is 24.6. The minimum atomic E-state index is -0.500. The van der Waals surface area contributed by atoms with Crippen molar-refractivity contribution in [3.8, 4) is 22.9 Å². The van der Waals surface area contributed by atoms with Crippen molar-refractivity contribution in [2.75, 3.05) is 14.2 Å². The van der Waals surface area contributed by atoms with Crippen molar-refractivity contribution in [2.24, 2.45) is 5.10 Å². The molecule has 0 saturated carbocycles. The van der Waals surface area contributed by atoms with E-state index in [0.29, 0.717) is 28.0 Å². The third-order valence-electron chi connectivity index (χ3n) is 5.93. The molecule has 0 unspecified atom stereocenters. The van der Waals surface area contributed by atoms with Gasteiger partial charge >= 0.3 is 0 Å². The van der Waals surface area contributed by atoms with Crippen molar-refractivity contribution in [3.05, 3.63) is 91.8 Å². The Hall–Kier alpha value is -4.53. The highest BCUT2D eigenvalue weighted by Gasteiger charge is 2.18. The second-order valence-corrected chi connectivity index (χ2v) is 8.56. The van der Waals surface area contributed by atoms with E-state index in [2.05, 4.69) is 18.9 Å².